The first-order valence-corrected chi connectivity index (χ1v) is 12.9. The van der Waals surface area contributed by atoms with Crippen LogP contribution in [0.1, 0.15) is 24.8 Å². The average molecular weight is 381 g/mol. The van der Waals surface area contributed by atoms with E-state index in [2.05, 4.69) is 25.0 Å². The van der Waals surface area contributed by atoms with Gasteiger partial charge in [0.05, 0.1) is 6.61 Å². The van der Waals surface area contributed by atoms with Crippen LogP contribution in [0.4, 0.5) is 4.79 Å². The van der Waals surface area contributed by atoms with Crippen LogP contribution >= 0.6 is 0 Å². The molecular weight excluding hydrogens is 348 g/mol. The van der Waals surface area contributed by atoms with Crippen molar-refractivity contribution in [2.75, 3.05) is 13.2 Å². The van der Waals surface area contributed by atoms with Crippen LogP contribution in [-0.4, -0.2) is 39.3 Å². The lowest BCUT2D eigenvalue weighted by Crippen LogP contribution is -2.34. The van der Waals surface area contributed by atoms with Crippen LogP contribution < -0.4 is 11.1 Å². The zero-order chi connectivity index (χ0) is 19.4. The molecule has 0 bridgehead atoms. The van der Waals surface area contributed by atoms with E-state index in [9.17, 15) is 9.59 Å². The van der Waals surface area contributed by atoms with Gasteiger partial charge in [-0.2, -0.15) is 0 Å². The number of alkyl carbamates (subject to hydrolysis) is 1. The van der Waals surface area contributed by atoms with Crippen LogP contribution in [0.15, 0.2) is 30.3 Å². The monoisotopic (exact) mass is 380 g/mol. The lowest BCUT2D eigenvalue weighted by molar-refractivity contribution is -0.144. The summed E-state index contributed by atoms with van der Waals surface area (Å²) >= 11 is 0. The van der Waals surface area contributed by atoms with Crippen molar-refractivity contribution in [3.63, 3.8) is 0 Å². The third-order valence-corrected chi connectivity index (χ3v) is 5.53. The van der Waals surface area contributed by atoms with Crippen LogP contribution in [0.25, 0.3) is 0 Å². The van der Waals surface area contributed by atoms with Gasteiger partial charge in [-0.3, -0.25) is 4.79 Å². The minimum atomic E-state index is -1.20. The number of benzene rings is 1. The Morgan fingerprint density at radius 1 is 1.12 bits per heavy atom. The van der Waals surface area contributed by atoms with Gasteiger partial charge in [0.2, 0.25) is 0 Å². The zero-order valence-corrected chi connectivity index (χ0v) is 17.1. The lowest BCUT2D eigenvalue weighted by atomic mass is 10.1. The zero-order valence-electron chi connectivity index (χ0n) is 16.1. The highest BCUT2D eigenvalue weighted by atomic mass is 28.3. The van der Waals surface area contributed by atoms with Gasteiger partial charge in [0, 0.05) is 14.6 Å². The van der Waals surface area contributed by atoms with Crippen molar-refractivity contribution in [3.8, 4) is 0 Å². The smallest absolute Gasteiger partial charge is 0.407 e. The first kappa shape index (κ1) is 22.2. The standard InChI is InChI=1S/C19H32N2O4Si/c1-26(2,3)14-13-24-18(22)17(20)11-7-8-12-21-19(23)25-15-16-9-5-4-6-10-16/h4-6,9-10,17H,7-8,11-15,20H2,1-3H3,(H,21,23)/t17-/m0/s1. The van der Waals surface area contributed by atoms with Crippen molar-refractivity contribution < 1.29 is 19.1 Å². The molecule has 0 fully saturated rings. The molecule has 0 saturated heterocycles. The van der Waals surface area contributed by atoms with Crippen LogP contribution in [0, 0.1) is 0 Å². The Morgan fingerprint density at radius 3 is 2.46 bits per heavy atom. The number of esters is 1. The summed E-state index contributed by atoms with van der Waals surface area (Å²) in [4.78, 5) is 23.4. The molecular formula is C19H32N2O4Si. The number of rotatable bonds is 11. The molecule has 0 aliphatic carbocycles. The molecule has 7 heteroatoms. The molecule has 0 spiro atoms. The topological polar surface area (TPSA) is 90.6 Å². The molecule has 0 radical (unpaired) electrons. The molecule has 3 N–H and O–H groups in total. The number of hydrogen-bond acceptors (Lipinski definition) is 5. The second-order valence-electron chi connectivity index (χ2n) is 7.57. The Bertz CT molecular complexity index is 546. The minimum absolute atomic E-state index is 0.251. The Kier molecular flexibility index (Phi) is 9.98. The maximum Gasteiger partial charge on any atom is 0.407 e. The number of unbranched alkanes of at least 4 members (excludes halogenated alkanes) is 1. The number of amides is 1. The first-order chi connectivity index (χ1) is 12.3. The quantitative estimate of drug-likeness (QED) is 0.349. The van der Waals surface area contributed by atoms with Gasteiger partial charge < -0.3 is 20.5 Å². The van der Waals surface area contributed by atoms with Crippen LogP contribution in [-0.2, 0) is 20.9 Å². The Labute approximate surface area is 157 Å². The van der Waals surface area contributed by atoms with Gasteiger partial charge in [-0.1, -0.05) is 50.0 Å². The molecule has 1 aromatic rings. The third-order valence-electron chi connectivity index (χ3n) is 3.82. The number of carbonyl (C=O) groups is 2. The van der Waals surface area contributed by atoms with E-state index >= 15 is 0 Å². The van der Waals surface area contributed by atoms with E-state index in [1.165, 1.54) is 0 Å². The molecule has 0 saturated carbocycles. The molecule has 1 atom stereocenters. The van der Waals surface area contributed by atoms with Crippen molar-refractivity contribution in [2.24, 2.45) is 5.73 Å². The second-order valence-corrected chi connectivity index (χ2v) is 13.2. The summed E-state index contributed by atoms with van der Waals surface area (Å²) in [6.07, 6.45) is 1.58. The highest BCUT2D eigenvalue weighted by Crippen LogP contribution is 2.08. The van der Waals surface area contributed by atoms with Crippen LogP contribution in [0.5, 0.6) is 0 Å². The summed E-state index contributed by atoms with van der Waals surface area (Å²) in [6.45, 7) is 7.90. The fourth-order valence-electron chi connectivity index (χ4n) is 2.14. The number of nitrogens with two attached hydrogens (primary N) is 1. The summed E-state index contributed by atoms with van der Waals surface area (Å²) in [5, 5.41) is 2.69. The molecule has 0 heterocycles. The third kappa shape index (κ3) is 10.9. The highest BCUT2D eigenvalue weighted by Gasteiger charge is 2.17. The number of ether oxygens (including phenoxy) is 2. The van der Waals surface area contributed by atoms with E-state index in [4.69, 9.17) is 15.2 Å². The summed E-state index contributed by atoms with van der Waals surface area (Å²) in [5.41, 5.74) is 6.79. The summed E-state index contributed by atoms with van der Waals surface area (Å²) in [5.74, 6) is -0.335. The fourth-order valence-corrected chi connectivity index (χ4v) is 2.85. The molecule has 6 nitrogen and oxygen atoms in total. The maximum atomic E-state index is 11.8. The summed E-state index contributed by atoms with van der Waals surface area (Å²) in [7, 11) is -1.20. The van der Waals surface area contributed by atoms with Gasteiger partial charge in [-0.05, 0) is 30.9 Å². The Balaban J connectivity index is 2.05. The van der Waals surface area contributed by atoms with Crippen LogP contribution in [0.3, 0.4) is 0 Å². The Morgan fingerprint density at radius 2 is 1.81 bits per heavy atom. The van der Waals surface area contributed by atoms with Crippen molar-refractivity contribution in [1.82, 2.24) is 5.32 Å². The fraction of sp³-hybridized carbons (Fsp3) is 0.579. The van der Waals surface area contributed by atoms with Crippen molar-refractivity contribution in [3.05, 3.63) is 35.9 Å². The van der Waals surface area contributed by atoms with E-state index in [1.807, 2.05) is 30.3 Å². The highest BCUT2D eigenvalue weighted by molar-refractivity contribution is 6.76. The number of nitrogens with one attached hydrogen (secondary N) is 1. The van der Waals surface area contributed by atoms with Gasteiger partial charge in [-0.15, -0.1) is 0 Å². The summed E-state index contributed by atoms with van der Waals surface area (Å²) < 4.78 is 10.4. The molecule has 1 amide bonds. The molecule has 1 aromatic carbocycles. The van der Waals surface area contributed by atoms with E-state index in [1.54, 1.807) is 0 Å². The maximum absolute atomic E-state index is 11.8. The number of carbonyl (C=O) groups excluding carboxylic acids is 2. The largest absolute Gasteiger partial charge is 0.465 e. The van der Waals surface area contributed by atoms with Crippen molar-refractivity contribution >= 4 is 20.1 Å². The molecule has 0 aliphatic rings. The first-order valence-electron chi connectivity index (χ1n) is 9.15. The predicted octanol–water partition coefficient (Wildman–Crippen LogP) is 3.29. The van der Waals surface area contributed by atoms with Crippen molar-refractivity contribution in [1.29, 1.82) is 0 Å². The SMILES string of the molecule is C[Si](C)(C)CCOC(=O)[C@@H](N)CCCCNC(=O)OCc1ccccc1. The minimum Gasteiger partial charge on any atom is -0.465 e. The van der Waals surface area contributed by atoms with Crippen molar-refractivity contribution in [2.45, 2.75) is 57.6 Å². The van der Waals surface area contributed by atoms with E-state index in [0.717, 1.165) is 24.4 Å². The molecule has 146 valence electrons. The van der Waals surface area contributed by atoms with Gasteiger partial charge in [-0.25, -0.2) is 4.79 Å². The molecule has 1 rings (SSSR count). The van der Waals surface area contributed by atoms with E-state index < -0.39 is 20.2 Å². The van der Waals surface area contributed by atoms with E-state index in [0.29, 0.717) is 19.6 Å². The van der Waals surface area contributed by atoms with E-state index in [-0.39, 0.29) is 12.6 Å². The number of hydrogen-bond donors (Lipinski definition) is 2. The summed E-state index contributed by atoms with van der Waals surface area (Å²) in [6, 6.07) is 9.86. The molecule has 26 heavy (non-hydrogen) atoms. The van der Waals surface area contributed by atoms with Gasteiger partial charge in [0.1, 0.15) is 12.6 Å². The van der Waals surface area contributed by atoms with Gasteiger partial charge in [0.25, 0.3) is 0 Å². The normalized spacial score (nSPS) is 12.3. The van der Waals surface area contributed by atoms with Gasteiger partial charge >= 0.3 is 12.1 Å². The van der Waals surface area contributed by atoms with Gasteiger partial charge in [0.15, 0.2) is 0 Å². The predicted molar refractivity (Wildman–Crippen MR) is 106 cm³/mol. The molecule has 0 aromatic heterocycles. The second kappa shape index (κ2) is 11.7. The molecule has 0 aliphatic heterocycles. The average Bonchev–Trinajstić information content (AvgIpc) is 2.59. The molecule has 0 unspecified atom stereocenters. The lowest BCUT2D eigenvalue weighted by Gasteiger charge is -2.17. The Hall–Kier alpha value is -1.86. The van der Waals surface area contributed by atoms with Crippen LogP contribution in [0.2, 0.25) is 25.7 Å².